The predicted molar refractivity (Wildman–Crippen MR) is 82.0 cm³/mol. The number of morpholine rings is 1. The Morgan fingerprint density at radius 1 is 1.33 bits per heavy atom. The number of carbonyl (C=O) groups is 2. The van der Waals surface area contributed by atoms with Crippen LogP contribution in [0.2, 0.25) is 0 Å². The minimum Gasteiger partial charge on any atom is -0.376 e. The molecule has 1 aromatic carbocycles. The van der Waals surface area contributed by atoms with Crippen LogP contribution in [0.3, 0.4) is 0 Å². The zero-order valence-corrected chi connectivity index (χ0v) is 12.9. The first-order valence-electron chi connectivity index (χ1n) is 7.61. The van der Waals surface area contributed by atoms with E-state index in [-0.39, 0.29) is 37.1 Å². The number of halogens is 2. The van der Waals surface area contributed by atoms with Crippen molar-refractivity contribution in [3.05, 3.63) is 29.8 Å². The van der Waals surface area contributed by atoms with Crippen LogP contribution in [0.1, 0.15) is 6.42 Å². The molecule has 0 saturated carbocycles. The summed E-state index contributed by atoms with van der Waals surface area (Å²) in [6.07, 6.45) is 5.45. The van der Waals surface area contributed by atoms with Gasteiger partial charge in [-0.15, -0.1) is 6.42 Å². The molecule has 0 bridgehead atoms. The van der Waals surface area contributed by atoms with Crippen molar-refractivity contribution in [1.29, 1.82) is 0 Å². The molecule has 0 unspecified atom stereocenters. The van der Waals surface area contributed by atoms with Crippen LogP contribution in [-0.2, 0) is 14.3 Å². The summed E-state index contributed by atoms with van der Waals surface area (Å²) in [5.74, 6) is -0.564. The van der Waals surface area contributed by atoms with Crippen LogP contribution in [0.5, 0.6) is 0 Å². The standard InChI is InChI=1S/C17H16F2N2O3/c1-2-12-10-24-6-5-20(12)17(23)11-7-16(22)21(9-11)13-3-4-14(18)15(19)8-13/h1,3-4,8,11-12H,5-7,9-10H2/t11-,12-/m0/s1. The average Bonchev–Trinajstić information content (AvgIpc) is 2.98. The highest BCUT2D eigenvalue weighted by molar-refractivity contribution is 6.00. The lowest BCUT2D eigenvalue weighted by atomic mass is 10.1. The van der Waals surface area contributed by atoms with Gasteiger partial charge in [-0.1, -0.05) is 5.92 Å². The molecular weight excluding hydrogens is 318 g/mol. The molecule has 7 heteroatoms. The highest BCUT2D eigenvalue weighted by Gasteiger charge is 2.39. The number of hydrogen-bond acceptors (Lipinski definition) is 3. The second kappa shape index (κ2) is 6.57. The van der Waals surface area contributed by atoms with Crippen LogP contribution in [-0.4, -0.2) is 49.1 Å². The van der Waals surface area contributed by atoms with Gasteiger partial charge in [0.2, 0.25) is 11.8 Å². The lowest BCUT2D eigenvalue weighted by molar-refractivity contribution is -0.142. The summed E-state index contributed by atoms with van der Waals surface area (Å²) in [5.41, 5.74) is 0.240. The number of terminal acetylenes is 1. The molecule has 2 amide bonds. The quantitative estimate of drug-likeness (QED) is 0.763. The second-order valence-electron chi connectivity index (χ2n) is 5.79. The van der Waals surface area contributed by atoms with Crippen molar-refractivity contribution in [3.8, 4) is 12.3 Å². The molecule has 2 saturated heterocycles. The monoisotopic (exact) mass is 334 g/mol. The van der Waals surface area contributed by atoms with E-state index < -0.39 is 23.6 Å². The molecule has 1 aromatic rings. The van der Waals surface area contributed by atoms with Gasteiger partial charge in [-0.3, -0.25) is 9.59 Å². The molecule has 2 aliphatic rings. The minimum absolute atomic E-state index is 0.0203. The molecule has 2 atom stereocenters. The van der Waals surface area contributed by atoms with Gasteiger partial charge in [-0.2, -0.15) is 0 Å². The number of carbonyl (C=O) groups excluding carboxylic acids is 2. The molecule has 0 aromatic heterocycles. The number of rotatable bonds is 2. The van der Waals surface area contributed by atoms with E-state index in [9.17, 15) is 18.4 Å². The first-order valence-corrected chi connectivity index (χ1v) is 7.61. The molecule has 5 nitrogen and oxygen atoms in total. The van der Waals surface area contributed by atoms with Gasteiger partial charge in [0, 0.05) is 31.3 Å². The second-order valence-corrected chi connectivity index (χ2v) is 5.79. The fourth-order valence-corrected chi connectivity index (χ4v) is 3.02. The molecule has 3 rings (SSSR count). The van der Waals surface area contributed by atoms with Crippen molar-refractivity contribution < 1.29 is 23.1 Å². The van der Waals surface area contributed by atoms with Gasteiger partial charge in [0.15, 0.2) is 11.6 Å². The van der Waals surface area contributed by atoms with Crippen LogP contribution in [0.25, 0.3) is 0 Å². The number of anilines is 1. The molecule has 126 valence electrons. The summed E-state index contributed by atoms with van der Waals surface area (Å²) in [6.45, 7) is 1.17. The molecular formula is C17H16F2N2O3. The predicted octanol–water partition coefficient (Wildman–Crippen LogP) is 1.18. The lowest BCUT2D eigenvalue weighted by Crippen LogP contribution is -2.50. The zero-order valence-electron chi connectivity index (χ0n) is 12.9. The Hall–Kier alpha value is -2.46. The third kappa shape index (κ3) is 2.97. The van der Waals surface area contributed by atoms with E-state index in [1.54, 1.807) is 4.90 Å². The van der Waals surface area contributed by atoms with Crippen molar-refractivity contribution in [2.24, 2.45) is 5.92 Å². The molecule has 0 N–H and O–H groups in total. The molecule has 0 spiro atoms. The number of nitrogens with zero attached hydrogens (tertiary/aromatic N) is 2. The largest absolute Gasteiger partial charge is 0.376 e. The summed E-state index contributed by atoms with van der Waals surface area (Å²) in [6, 6.07) is 2.80. The van der Waals surface area contributed by atoms with Crippen LogP contribution >= 0.6 is 0 Å². The normalized spacial score (nSPS) is 24.1. The van der Waals surface area contributed by atoms with Gasteiger partial charge in [0.1, 0.15) is 6.04 Å². The fraction of sp³-hybridized carbons (Fsp3) is 0.412. The highest BCUT2D eigenvalue weighted by atomic mass is 19.2. The van der Waals surface area contributed by atoms with Crippen LogP contribution in [0, 0.1) is 29.9 Å². The first kappa shape index (κ1) is 16.4. The number of amides is 2. The molecule has 2 fully saturated rings. The maximum Gasteiger partial charge on any atom is 0.229 e. The molecule has 0 radical (unpaired) electrons. The summed E-state index contributed by atoms with van der Waals surface area (Å²) >= 11 is 0. The zero-order chi connectivity index (χ0) is 17.3. The van der Waals surface area contributed by atoms with E-state index >= 15 is 0 Å². The van der Waals surface area contributed by atoms with Gasteiger partial charge in [0.25, 0.3) is 0 Å². The fourth-order valence-electron chi connectivity index (χ4n) is 3.02. The Bertz CT molecular complexity index is 716. The van der Waals surface area contributed by atoms with Crippen molar-refractivity contribution in [3.63, 3.8) is 0 Å². The van der Waals surface area contributed by atoms with Gasteiger partial charge >= 0.3 is 0 Å². The minimum atomic E-state index is -1.03. The van der Waals surface area contributed by atoms with Crippen LogP contribution in [0.15, 0.2) is 18.2 Å². The van der Waals surface area contributed by atoms with Gasteiger partial charge < -0.3 is 14.5 Å². The molecule has 0 aliphatic carbocycles. The Morgan fingerprint density at radius 3 is 2.83 bits per heavy atom. The maximum absolute atomic E-state index is 13.4. The van der Waals surface area contributed by atoms with Crippen molar-refractivity contribution >= 4 is 17.5 Å². The van der Waals surface area contributed by atoms with Gasteiger partial charge in [-0.05, 0) is 12.1 Å². The van der Waals surface area contributed by atoms with E-state index in [4.69, 9.17) is 11.2 Å². The Kier molecular flexibility index (Phi) is 4.49. The number of hydrogen-bond donors (Lipinski definition) is 0. The van der Waals surface area contributed by atoms with Gasteiger partial charge in [-0.25, -0.2) is 8.78 Å². The third-order valence-corrected chi connectivity index (χ3v) is 4.29. The smallest absolute Gasteiger partial charge is 0.229 e. The summed E-state index contributed by atoms with van der Waals surface area (Å²) in [7, 11) is 0. The van der Waals surface area contributed by atoms with Crippen LogP contribution in [0.4, 0.5) is 14.5 Å². The van der Waals surface area contributed by atoms with E-state index in [2.05, 4.69) is 5.92 Å². The van der Waals surface area contributed by atoms with Crippen molar-refractivity contribution in [1.82, 2.24) is 4.90 Å². The molecule has 2 aliphatic heterocycles. The van der Waals surface area contributed by atoms with E-state index in [1.807, 2.05) is 0 Å². The number of ether oxygens (including phenoxy) is 1. The Balaban J connectivity index is 1.75. The van der Waals surface area contributed by atoms with Crippen LogP contribution < -0.4 is 4.90 Å². The van der Waals surface area contributed by atoms with Crippen molar-refractivity contribution in [2.75, 3.05) is 31.2 Å². The Morgan fingerprint density at radius 2 is 2.12 bits per heavy atom. The molecule has 2 heterocycles. The summed E-state index contributed by atoms with van der Waals surface area (Å²) in [4.78, 5) is 27.7. The van der Waals surface area contributed by atoms with E-state index in [0.717, 1.165) is 12.1 Å². The number of benzene rings is 1. The molecule has 24 heavy (non-hydrogen) atoms. The van der Waals surface area contributed by atoms with E-state index in [1.165, 1.54) is 11.0 Å². The maximum atomic E-state index is 13.4. The first-order chi connectivity index (χ1) is 11.5. The highest BCUT2D eigenvalue weighted by Crippen LogP contribution is 2.28. The average molecular weight is 334 g/mol. The Labute approximate surface area is 138 Å². The topological polar surface area (TPSA) is 49.9 Å². The summed E-state index contributed by atoms with van der Waals surface area (Å²) < 4.78 is 31.7. The van der Waals surface area contributed by atoms with Crippen molar-refractivity contribution in [2.45, 2.75) is 12.5 Å². The summed E-state index contributed by atoms with van der Waals surface area (Å²) in [5, 5.41) is 0. The van der Waals surface area contributed by atoms with E-state index in [0.29, 0.717) is 13.2 Å². The SMILES string of the molecule is C#C[C@H]1COCCN1C(=O)[C@H]1CC(=O)N(c2ccc(F)c(F)c2)C1. The van der Waals surface area contributed by atoms with Gasteiger partial charge in [0.05, 0.1) is 19.1 Å². The third-order valence-electron chi connectivity index (χ3n) is 4.29. The lowest BCUT2D eigenvalue weighted by Gasteiger charge is -2.34.